The first-order chi connectivity index (χ1) is 14.9. The van der Waals surface area contributed by atoms with Crippen LogP contribution in [0.4, 0.5) is 22.0 Å². The van der Waals surface area contributed by atoms with E-state index in [0.717, 1.165) is 18.1 Å². The Morgan fingerprint density at radius 1 is 0.839 bits per heavy atom. The molecule has 6 heteroatoms. The van der Waals surface area contributed by atoms with Gasteiger partial charge in [-0.15, -0.1) is 6.58 Å². The van der Waals surface area contributed by atoms with E-state index in [-0.39, 0.29) is 23.3 Å². The zero-order valence-corrected chi connectivity index (χ0v) is 16.5. The molecule has 0 unspecified atom stereocenters. The molecular formula is C25H19F5O. The molecule has 0 saturated carbocycles. The van der Waals surface area contributed by atoms with Gasteiger partial charge in [-0.2, -0.15) is 0 Å². The van der Waals surface area contributed by atoms with Crippen molar-refractivity contribution in [2.45, 2.75) is 12.8 Å². The van der Waals surface area contributed by atoms with Gasteiger partial charge in [-0.05, 0) is 35.9 Å². The molecule has 3 aromatic carbocycles. The van der Waals surface area contributed by atoms with Crippen LogP contribution in [0.2, 0.25) is 0 Å². The van der Waals surface area contributed by atoms with Crippen molar-refractivity contribution in [3.63, 3.8) is 0 Å². The van der Waals surface area contributed by atoms with Gasteiger partial charge in [-0.1, -0.05) is 49.1 Å². The average Bonchev–Trinajstić information content (AvgIpc) is 2.78. The fraction of sp³-hybridized carbons (Fsp3) is 0.120. The molecule has 0 fully saturated rings. The second-order valence-corrected chi connectivity index (χ2v) is 6.78. The smallest absolute Gasteiger partial charge is 0.175 e. The third-order valence-electron chi connectivity index (χ3n) is 4.72. The van der Waals surface area contributed by atoms with Gasteiger partial charge in [0.05, 0.1) is 10.9 Å². The molecule has 0 aliphatic carbocycles. The number of allylic oxidation sites excluding steroid dienone is 1. The summed E-state index contributed by atoms with van der Waals surface area (Å²) in [6.07, 6.45) is 4.51. The normalized spacial score (nSPS) is 11.9. The number of ether oxygens (including phenoxy) is 1. The van der Waals surface area contributed by atoms with E-state index in [1.54, 1.807) is 18.2 Å². The van der Waals surface area contributed by atoms with Crippen LogP contribution in [0.25, 0.3) is 22.4 Å². The highest BCUT2D eigenvalue weighted by Crippen LogP contribution is 2.36. The number of fused-ring (bicyclic) bond motifs is 1. The minimum atomic E-state index is -1.69. The molecule has 0 aliphatic rings. The standard InChI is InChI=1S/C25H19F5O/c1-3-5-6-15-7-9-16(10-8-15)21(26)22(27)18-14-17-11-12-19(31-13-4-2)24(29)20(17)25(30)23(18)28/h3-4,7-12,14H,1-2,5-6,13H2. The van der Waals surface area contributed by atoms with Crippen molar-refractivity contribution < 1.29 is 26.7 Å². The Hall–Kier alpha value is -3.41. The van der Waals surface area contributed by atoms with Gasteiger partial charge in [-0.25, -0.2) is 22.0 Å². The van der Waals surface area contributed by atoms with Crippen LogP contribution in [-0.2, 0) is 6.42 Å². The molecule has 160 valence electrons. The van der Waals surface area contributed by atoms with Gasteiger partial charge in [0.15, 0.2) is 34.9 Å². The molecule has 0 spiro atoms. The summed E-state index contributed by atoms with van der Waals surface area (Å²) >= 11 is 0. The zero-order valence-electron chi connectivity index (χ0n) is 16.5. The minimum Gasteiger partial charge on any atom is -0.486 e. The number of aryl methyl sites for hydroxylation is 1. The molecule has 3 aromatic rings. The van der Waals surface area contributed by atoms with Crippen molar-refractivity contribution in [2.75, 3.05) is 6.61 Å². The Kier molecular flexibility index (Phi) is 6.90. The molecule has 0 atom stereocenters. The fourth-order valence-electron chi connectivity index (χ4n) is 3.11. The van der Waals surface area contributed by atoms with E-state index in [9.17, 15) is 22.0 Å². The second-order valence-electron chi connectivity index (χ2n) is 6.78. The lowest BCUT2D eigenvalue weighted by atomic mass is 10.0. The van der Waals surface area contributed by atoms with Crippen molar-refractivity contribution in [2.24, 2.45) is 0 Å². The third kappa shape index (κ3) is 4.53. The quantitative estimate of drug-likeness (QED) is 0.202. The van der Waals surface area contributed by atoms with E-state index >= 15 is 0 Å². The average molecular weight is 430 g/mol. The predicted molar refractivity (Wildman–Crippen MR) is 114 cm³/mol. The molecule has 3 rings (SSSR count). The molecule has 0 bridgehead atoms. The number of hydrogen-bond donors (Lipinski definition) is 0. The lowest BCUT2D eigenvalue weighted by Gasteiger charge is -2.11. The van der Waals surface area contributed by atoms with Crippen molar-refractivity contribution in [3.8, 4) is 5.75 Å². The Bertz CT molecular complexity index is 1160. The van der Waals surface area contributed by atoms with Gasteiger partial charge in [0.1, 0.15) is 6.61 Å². The second kappa shape index (κ2) is 9.60. The lowest BCUT2D eigenvalue weighted by Crippen LogP contribution is -2.00. The molecular weight excluding hydrogens is 411 g/mol. The van der Waals surface area contributed by atoms with Crippen LogP contribution in [0.15, 0.2) is 67.8 Å². The van der Waals surface area contributed by atoms with Crippen molar-refractivity contribution in [1.29, 1.82) is 0 Å². The Labute approximate surface area is 176 Å². The predicted octanol–water partition coefficient (Wildman–Crippen LogP) is 7.71. The van der Waals surface area contributed by atoms with Gasteiger partial charge in [-0.3, -0.25) is 0 Å². The number of benzene rings is 3. The molecule has 31 heavy (non-hydrogen) atoms. The van der Waals surface area contributed by atoms with Crippen LogP contribution >= 0.6 is 0 Å². The number of hydrogen-bond acceptors (Lipinski definition) is 1. The van der Waals surface area contributed by atoms with Crippen LogP contribution in [0.3, 0.4) is 0 Å². The Morgan fingerprint density at radius 2 is 1.55 bits per heavy atom. The zero-order chi connectivity index (χ0) is 22.5. The first-order valence-corrected chi connectivity index (χ1v) is 9.48. The third-order valence-corrected chi connectivity index (χ3v) is 4.72. The summed E-state index contributed by atoms with van der Waals surface area (Å²) in [5.74, 6) is -7.69. The molecule has 0 aromatic heterocycles. The van der Waals surface area contributed by atoms with E-state index in [1.807, 2.05) is 0 Å². The molecule has 0 amide bonds. The minimum absolute atomic E-state index is 0.0421. The Balaban J connectivity index is 2.05. The highest BCUT2D eigenvalue weighted by atomic mass is 19.2. The van der Waals surface area contributed by atoms with E-state index in [0.29, 0.717) is 6.42 Å². The first-order valence-electron chi connectivity index (χ1n) is 9.48. The number of halogens is 5. The van der Waals surface area contributed by atoms with E-state index in [4.69, 9.17) is 4.74 Å². The maximum absolute atomic E-state index is 14.8. The molecule has 0 radical (unpaired) electrons. The van der Waals surface area contributed by atoms with Gasteiger partial charge in [0, 0.05) is 5.56 Å². The summed E-state index contributed by atoms with van der Waals surface area (Å²) in [5, 5.41) is -0.845. The van der Waals surface area contributed by atoms with Crippen molar-refractivity contribution in [3.05, 3.63) is 102 Å². The molecule has 0 aliphatic heterocycles. The van der Waals surface area contributed by atoms with Crippen molar-refractivity contribution in [1.82, 2.24) is 0 Å². The van der Waals surface area contributed by atoms with Gasteiger partial charge >= 0.3 is 0 Å². The maximum Gasteiger partial charge on any atom is 0.175 e. The van der Waals surface area contributed by atoms with Crippen LogP contribution in [0.5, 0.6) is 5.75 Å². The molecule has 0 saturated heterocycles. The summed E-state index contributed by atoms with van der Waals surface area (Å²) < 4.78 is 78.3. The topological polar surface area (TPSA) is 9.23 Å². The van der Waals surface area contributed by atoms with E-state index in [1.165, 1.54) is 30.3 Å². The Morgan fingerprint density at radius 3 is 2.19 bits per heavy atom. The highest BCUT2D eigenvalue weighted by molar-refractivity contribution is 5.91. The largest absolute Gasteiger partial charge is 0.486 e. The SMILES string of the molecule is C=CCCc1ccc(C(F)=C(F)c2cc3ccc(OCC=C)c(F)c3c(F)c2F)cc1. The van der Waals surface area contributed by atoms with Crippen LogP contribution in [-0.4, -0.2) is 6.61 Å². The van der Waals surface area contributed by atoms with Gasteiger partial charge in [0.25, 0.3) is 0 Å². The van der Waals surface area contributed by atoms with E-state index < -0.39 is 40.1 Å². The van der Waals surface area contributed by atoms with Crippen LogP contribution < -0.4 is 4.74 Å². The lowest BCUT2D eigenvalue weighted by molar-refractivity contribution is 0.343. The van der Waals surface area contributed by atoms with E-state index in [2.05, 4.69) is 13.2 Å². The molecule has 1 nitrogen and oxygen atoms in total. The molecule has 0 heterocycles. The van der Waals surface area contributed by atoms with Crippen LogP contribution in [0, 0.1) is 17.5 Å². The van der Waals surface area contributed by atoms with Gasteiger partial charge in [0.2, 0.25) is 0 Å². The summed E-state index contributed by atoms with van der Waals surface area (Å²) in [7, 11) is 0. The summed E-state index contributed by atoms with van der Waals surface area (Å²) in [5.41, 5.74) is -0.166. The van der Waals surface area contributed by atoms with Gasteiger partial charge < -0.3 is 4.74 Å². The summed E-state index contributed by atoms with van der Waals surface area (Å²) in [4.78, 5) is 0. The summed E-state index contributed by atoms with van der Waals surface area (Å²) in [6.45, 7) is 7.00. The maximum atomic E-state index is 14.8. The van der Waals surface area contributed by atoms with Crippen molar-refractivity contribution >= 4 is 22.4 Å². The monoisotopic (exact) mass is 430 g/mol. The fourth-order valence-corrected chi connectivity index (χ4v) is 3.11. The van der Waals surface area contributed by atoms with Crippen LogP contribution in [0.1, 0.15) is 23.1 Å². The first kappa shape index (κ1) is 22.3. The highest BCUT2D eigenvalue weighted by Gasteiger charge is 2.23. The molecule has 0 N–H and O–H groups in total. The summed E-state index contributed by atoms with van der Waals surface area (Å²) in [6, 6.07) is 9.23. The number of rotatable bonds is 8.